The van der Waals surface area contributed by atoms with E-state index in [1.54, 1.807) is 12.1 Å². The van der Waals surface area contributed by atoms with Gasteiger partial charge in [-0.05, 0) is 68.3 Å². The zero-order chi connectivity index (χ0) is 21.8. The van der Waals surface area contributed by atoms with E-state index >= 15 is 0 Å². The zero-order valence-electron chi connectivity index (χ0n) is 17.6. The largest absolute Gasteiger partial charge is 0.490 e. The third kappa shape index (κ3) is 5.27. The number of carbonyl (C=O) groups excluding carboxylic acids is 1. The van der Waals surface area contributed by atoms with Crippen molar-refractivity contribution in [2.75, 3.05) is 20.2 Å². The van der Waals surface area contributed by atoms with E-state index in [9.17, 15) is 4.79 Å². The van der Waals surface area contributed by atoms with E-state index in [1.165, 1.54) is 7.11 Å². The Kier molecular flexibility index (Phi) is 6.59. The molecule has 1 aliphatic rings. The van der Waals surface area contributed by atoms with Crippen molar-refractivity contribution in [3.05, 3.63) is 70.6 Å². The molecule has 7 heteroatoms. The molecule has 1 aliphatic heterocycles. The summed E-state index contributed by atoms with van der Waals surface area (Å²) in [6.45, 7) is 4.55. The lowest BCUT2D eigenvalue weighted by molar-refractivity contribution is 0.0600. The summed E-state index contributed by atoms with van der Waals surface area (Å²) in [5.74, 6) is 1.87. The number of oxazole rings is 1. The molecule has 0 unspecified atom stereocenters. The molecule has 0 saturated carbocycles. The fraction of sp³-hybridized carbons (Fsp3) is 0.333. The van der Waals surface area contributed by atoms with Crippen molar-refractivity contribution in [2.24, 2.45) is 0 Å². The Hall–Kier alpha value is -2.83. The second-order valence-corrected chi connectivity index (χ2v) is 8.07. The summed E-state index contributed by atoms with van der Waals surface area (Å²) in [6.07, 6.45) is 2.13. The summed E-state index contributed by atoms with van der Waals surface area (Å²) in [5.41, 5.74) is 2.26. The molecule has 3 aromatic rings. The molecule has 0 N–H and O–H groups in total. The first-order valence-electron chi connectivity index (χ1n) is 10.3. The Balaban J connectivity index is 1.34. The predicted octanol–water partition coefficient (Wildman–Crippen LogP) is 5.13. The number of esters is 1. The Morgan fingerprint density at radius 1 is 1.13 bits per heavy atom. The zero-order valence-corrected chi connectivity index (χ0v) is 18.4. The topological polar surface area (TPSA) is 64.8 Å². The fourth-order valence-corrected chi connectivity index (χ4v) is 3.79. The molecule has 0 atom stereocenters. The number of methoxy groups -OCH3 is 1. The molecule has 1 aromatic heterocycles. The maximum atomic E-state index is 11.6. The van der Waals surface area contributed by atoms with Crippen LogP contribution in [0.25, 0.3) is 11.5 Å². The summed E-state index contributed by atoms with van der Waals surface area (Å²) >= 11 is 5.94. The second kappa shape index (κ2) is 9.54. The summed E-state index contributed by atoms with van der Waals surface area (Å²) in [5, 5.41) is 0.712. The average molecular weight is 441 g/mol. The number of benzene rings is 2. The van der Waals surface area contributed by atoms with Gasteiger partial charge in [-0.2, -0.15) is 0 Å². The number of likely N-dealkylation sites (tertiary alicyclic amines) is 1. The number of aryl methyl sites for hydroxylation is 1. The lowest BCUT2D eigenvalue weighted by Crippen LogP contribution is -2.38. The number of hydrogen-bond donors (Lipinski definition) is 0. The van der Waals surface area contributed by atoms with E-state index in [4.69, 9.17) is 30.5 Å². The highest BCUT2D eigenvalue weighted by molar-refractivity contribution is 6.30. The molecule has 0 radical (unpaired) electrons. The Morgan fingerprint density at radius 3 is 2.45 bits per heavy atom. The van der Waals surface area contributed by atoms with E-state index in [0.717, 1.165) is 55.2 Å². The van der Waals surface area contributed by atoms with Crippen molar-refractivity contribution in [2.45, 2.75) is 32.4 Å². The minimum atomic E-state index is -0.362. The molecule has 31 heavy (non-hydrogen) atoms. The van der Waals surface area contributed by atoms with Gasteiger partial charge in [0.25, 0.3) is 0 Å². The van der Waals surface area contributed by atoms with Crippen LogP contribution in [0.5, 0.6) is 5.75 Å². The number of nitrogens with zero attached hydrogens (tertiary/aromatic N) is 2. The number of aromatic nitrogens is 1. The van der Waals surface area contributed by atoms with Gasteiger partial charge in [0.1, 0.15) is 17.6 Å². The van der Waals surface area contributed by atoms with Crippen molar-refractivity contribution >= 4 is 17.6 Å². The number of piperidine rings is 1. The lowest BCUT2D eigenvalue weighted by atomic mass is 10.1. The van der Waals surface area contributed by atoms with E-state index < -0.39 is 0 Å². The van der Waals surface area contributed by atoms with Crippen LogP contribution in [0.15, 0.2) is 52.9 Å². The molecule has 4 rings (SSSR count). The molecule has 2 heterocycles. The van der Waals surface area contributed by atoms with Gasteiger partial charge in [-0.3, -0.25) is 4.90 Å². The highest BCUT2D eigenvalue weighted by atomic mass is 35.5. The van der Waals surface area contributed by atoms with Crippen LogP contribution in [0.1, 0.15) is 34.7 Å². The predicted molar refractivity (Wildman–Crippen MR) is 118 cm³/mol. The van der Waals surface area contributed by atoms with Crippen LogP contribution in [0.2, 0.25) is 5.02 Å². The highest BCUT2D eigenvalue weighted by Gasteiger charge is 2.23. The average Bonchev–Trinajstić information content (AvgIpc) is 3.16. The molecule has 1 saturated heterocycles. The van der Waals surface area contributed by atoms with Gasteiger partial charge in [0.2, 0.25) is 5.89 Å². The number of halogens is 1. The van der Waals surface area contributed by atoms with Crippen molar-refractivity contribution in [1.29, 1.82) is 0 Å². The smallest absolute Gasteiger partial charge is 0.337 e. The number of hydrogen-bond acceptors (Lipinski definition) is 6. The molecular formula is C24H25ClN2O4. The summed E-state index contributed by atoms with van der Waals surface area (Å²) < 4.78 is 16.7. The SMILES string of the molecule is COC(=O)c1ccc(-c2nc(CN3CCC(Oc4ccc(Cl)cc4)CC3)c(C)o2)cc1. The van der Waals surface area contributed by atoms with E-state index in [-0.39, 0.29) is 12.1 Å². The molecule has 1 fully saturated rings. The first kappa shape index (κ1) is 21.4. The highest BCUT2D eigenvalue weighted by Crippen LogP contribution is 2.25. The summed E-state index contributed by atoms with van der Waals surface area (Å²) in [4.78, 5) is 18.7. The van der Waals surface area contributed by atoms with Crippen LogP contribution in [-0.2, 0) is 11.3 Å². The normalized spacial score (nSPS) is 15.1. The monoisotopic (exact) mass is 440 g/mol. The van der Waals surface area contributed by atoms with Crippen molar-refractivity contribution in [3.63, 3.8) is 0 Å². The van der Waals surface area contributed by atoms with E-state index in [2.05, 4.69) is 4.90 Å². The Bertz CT molecular complexity index is 1020. The first-order chi connectivity index (χ1) is 15.0. The fourth-order valence-electron chi connectivity index (χ4n) is 3.67. The molecule has 2 aromatic carbocycles. The molecule has 162 valence electrons. The Labute approximate surface area is 186 Å². The lowest BCUT2D eigenvalue weighted by Gasteiger charge is -2.31. The van der Waals surface area contributed by atoms with Crippen LogP contribution >= 0.6 is 11.6 Å². The number of ether oxygens (including phenoxy) is 2. The van der Waals surface area contributed by atoms with Gasteiger partial charge in [0.15, 0.2) is 0 Å². The van der Waals surface area contributed by atoms with Gasteiger partial charge in [-0.15, -0.1) is 0 Å². The third-order valence-corrected chi connectivity index (χ3v) is 5.72. The minimum Gasteiger partial charge on any atom is -0.490 e. The minimum absolute atomic E-state index is 0.208. The maximum Gasteiger partial charge on any atom is 0.337 e. The van der Waals surface area contributed by atoms with Crippen LogP contribution in [-0.4, -0.2) is 42.2 Å². The quantitative estimate of drug-likeness (QED) is 0.495. The maximum absolute atomic E-state index is 11.6. The van der Waals surface area contributed by atoms with Crippen LogP contribution in [0.3, 0.4) is 0 Å². The van der Waals surface area contributed by atoms with Crippen LogP contribution in [0.4, 0.5) is 0 Å². The van der Waals surface area contributed by atoms with Gasteiger partial charge < -0.3 is 13.9 Å². The van der Waals surface area contributed by atoms with Gasteiger partial charge >= 0.3 is 5.97 Å². The summed E-state index contributed by atoms with van der Waals surface area (Å²) in [6, 6.07) is 14.6. The van der Waals surface area contributed by atoms with Crippen molar-refractivity contribution < 1.29 is 18.7 Å². The standard InChI is InChI=1S/C24H25ClN2O4/c1-16-22(26-23(30-16)17-3-5-18(6-4-17)24(28)29-2)15-27-13-11-21(12-14-27)31-20-9-7-19(25)8-10-20/h3-10,21H,11-15H2,1-2H3. The van der Waals surface area contributed by atoms with Gasteiger partial charge in [0, 0.05) is 30.2 Å². The molecule has 0 aliphatic carbocycles. The molecule has 0 bridgehead atoms. The first-order valence-corrected chi connectivity index (χ1v) is 10.7. The Morgan fingerprint density at radius 2 is 1.81 bits per heavy atom. The number of carbonyl (C=O) groups is 1. The van der Waals surface area contributed by atoms with E-state index in [1.807, 2.05) is 43.3 Å². The van der Waals surface area contributed by atoms with Crippen LogP contribution < -0.4 is 4.74 Å². The second-order valence-electron chi connectivity index (χ2n) is 7.64. The molecule has 0 amide bonds. The van der Waals surface area contributed by atoms with Gasteiger partial charge in [-0.1, -0.05) is 11.6 Å². The van der Waals surface area contributed by atoms with Crippen molar-refractivity contribution in [3.8, 4) is 17.2 Å². The van der Waals surface area contributed by atoms with Crippen molar-refractivity contribution in [1.82, 2.24) is 9.88 Å². The van der Waals surface area contributed by atoms with E-state index in [0.29, 0.717) is 16.5 Å². The third-order valence-electron chi connectivity index (χ3n) is 5.47. The molecule has 0 spiro atoms. The molecular weight excluding hydrogens is 416 g/mol. The molecule has 6 nitrogen and oxygen atoms in total. The number of rotatable bonds is 6. The van der Waals surface area contributed by atoms with Gasteiger partial charge in [0.05, 0.1) is 18.4 Å². The van der Waals surface area contributed by atoms with Gasteiger partial charge in [-0.25, -0.2) is 9.78 Å². The summed E-state index contributed by atoms with van der Waals surface area (Å²) in [7, 11) is 1.37. The van der Waals surface area contributed by atoms with Crippen LogP contribution in [0, 0.1) is 6.92 Å².